The molecule has 0 amide bonds. The molecule has 132 valence electrons. The molecule has 3 heterocycles. The van der Waals surface area contributed by atoms with Crippen molar-refractivity contribution in [2.45, 2.75) is 0 Å². The number of halogens is 1. The van der Waals surface area contributed by atoms with Crippen LogP contribution in [0.25, 0.3) is 0 Å². The first kappa shape index (κ1) is 16.6. The fourth-order valence-corrected chi connectivity index (χ4v) is 3.08. The van der Waals surface area contributed by atoms with Gasteiger partial charge in [-0.05, 0) is 42.5 Å². The zero-order valence-corrected chi connectivity index (χ0v) is 15.0. The molecule has 7 heteroatoms. The van der Waals surface area contributed by atoms with Crippen molar-refractivity contribution in [3.05, 3.63) is 65.9 Å². The molecule has 1 aliphatic heterocycles. The van der Waals surface area contributed by atoms with E-state index in [4.69, 9.17) is 11.6 Å². The van der Waals surface area contributed by atoms with E-state index >= 15 is 0 Å². The smallest absolute Gasteiger partial charge is 0.229 e. The molecular weight excluding hydrogens is 348 g/mol. The Bertz CT molecular complexity index is 847. The fourth-order valence-electron chi connectivity index (χ4n) is 2.95. The quantitative estimate of drug-likeness (QED) is 0.761. The predicted octanol–water partition coefficient (Wildman–Crippen LogP) is 3.60. The summed E-state index contributed by atoms with van der Waals surface area (Å²) >= 11 is 5.92. The number of hydrogen-bond donors (Lipinski definition) is 1. The molecule has 1 fully saturated rings. The summed E-state index contributed by atoms with van der Waals surface area (Å²) in [5, 5.41) is 3.92. The average molecular weight is 367 g/mol. The minimum Gasteiger partial charge on any atom is -0.353 e. The lowest BCUT2D eigenvalue weighted by atomic mass is 10.3. The van der Waals surface area contributed by atoms with Crippen LogP contribution in [0.15, 0.2) is 60.9 Å². The normalized spacial score (nSPS) is 14.3. The van der Waals surface area contributed by atoms with E-state index in [-0.39, 0.29) is 0 Å². The van der Waals surface area contributed by atoms with E-state index in [1.165, 1.54) is 0 Å². The first-order chi connectivity index (χ1) is 12.8. The van der Waals surface area contributed by atoms with Gasteiger partial charge in [0.05, 0.1) is 0 Å². The predicted molar refractivity (Wildman–Crippen MR) is 105 cm³/mol. The highest BCUT2D eigenvalue weighted by Crippen LogP contribution is 2.20. The average Bonchev–Trinajstić information content (AvgIpc) is 2.71. The van der Waals surface area contributed by atoms with Crippen molar-refractivity contribution in [1.29, 1.82) is 0 Å². The van der Waals surface area contributed by atoms with Crippen LogP contribution in [0.5, 0.6) is 0 Å². The van der Waals surface area contributed by atoms with Crippen molar-refractivity contribution in [2.24, 2.45) is 0 Å². The number of pyridine rings is 1. The van der Waals surface area contributed by atoms with Crippen molar-refractivity contribution < 1.29 is 0 Å². The van der Waals surface area contributed by atoms with E-state index in [1.807, 2.05) is 48.7 Å². The first-order valence-electron chi connectivity index (χ1n) is 8.54. The number of piperazine rings is 1. The van der Waals surface area contributed by atoms with Gasteiger partial charge in [0.15, 0.2) is 0 Å². The van der Waals surface area contributed by atoms with E-state index in [0.717, 1.165) is 43.5 Å². The molecule has 4 rings (SSSR count). The summed E-state index contributed by atoms with van der Waals surface area (Å²) < 4.78 is 0. The molecule has 1 aliphatic rings. The Balaban J connectivity index is 1.42. The summed E-state index contributed by atoms with van der Waals surface area (Å²) in [7, 11) is 0. The Hall–Kier alpha value is -2.86. The van der Waals surface area contributed by atoms with Gasteiger partial charge >= 0.3 is 0 Å². The van der Waals surface area contributed by atoms with Gasteiger partial charge in [0.2, 0.25) is 5.95 Å². The number of anilines is 4. The van der Waals surface area contributed by atoms with Crippen LogP contribution < -0.4 is 15.1 Å². The Kier molecular flexibility index (Phi) is 4.84. The van der Waals surface area contributed by atoms with Crippen LogP contribution in [0, 0.1) is 0 Å². The van der Waals surface area contributed by atoms with E-state index in [9.17, 15) is 0 Å². The number of hydrogen-bond acceptors (Lipinski definition) is 6. The standard InChI is InChI=1S/C19H19ClN6/c20-15-4-6-16(7-5-15)23-19-22-10-8-18(24-19)26-13-11-25(12-14-26)17-3-1-2-9-21-17/h1-10H,11-14H2,(H,22,23,24). The summed E-state index contributed by atoms with van der Waals surface area (Å²) in [6.07, 6.45) is 3.62. The molecule has 0 aliphatic carbocycles. The van der Waals surface area contributed by atoms with E-state index < -0.39 is 0 Å². The number of benzene rings is 1. The number of rotatable bonds is 4. The van der Waals surface area contributed by atoms with E-state index in [0.29, 0.717) is 11.0 Å². The van der Waals surface area contributed by atoms with Crippen molar-refractivity contribution in [1.82, 2.24) is 15.0 Å². The number of nitrogens with zero attached hydrogens (tertiary/aromatic N) is 5. The van der Waals surface area contributed by atoms with Crippen molar-refractivity contribution in [3.8, 4) is 0 Å². The van der Waals surface area contributed by atoms with Crippen LogP contribution in [-0.2, 0) is 0 Å². The molecule has 6 nitrogen and oxygen atoms in total. The topological polar surface area (TPSA) is 57.2 Å². The summed E-state index contributed by atoms with van der Waals surface area (Å²) in [5.74, 6) is 2.54. The van der Waals surface area contributed by atoms with Crippen LogP contribution in [-0.4, -0.2) is 41.1 Å². The van der Waals surface area contributed by atoms with Crippen molar-refractivity contribution in [3.63, 3.8) is 0 Å². The highest BCUT2D eigenvalue weighted by Gasteiger charge is 2.19. The Morgan fingerprint density at radius 3 is 2.19 bits per heavy atom. The molecule has 1 saturated heterocycles. The fraction of sp³-hybridized carbons (Fsp3) is 0.211. The maximum atomic E-state index is 5.92. The van der Waals surface area contributed by atoms with Crippen LogP contribution in [0.4, 0.5) is 23.3 Å². The monoisotopic (exact) mass is 366 g/mol. The van der Waals surface area contributed by atoms with Gasteiger partial charge < -0.3 is 15.1 Å². The van der Waals surface area contributed by atoms with Gasteiger partial charge in [-0.15, -0.1) is 0 Å². The van der Waals surface area contributed by atoms with Crippen LogP contribution in [0.1, 0.15) is 0 Å². The highest BCUT2D eigenvalue weighted by molar-refractivity contribution is 6.30. The minimum absolute atomic E-state index is 0.581. The lowest BCUT2D eigenvalue weighted by Crippen LogP contribution is -2.47. The van der Waals surface area contributed by atoms with E-state index in [2.05, 4.69) is 36.1 Å². The second-order valence-electron chi connectivity index (χ2n) is 6.03. The molecule has 0 bridgehead atoms. The molecule has 1 N–H and O–H groups in total. The third-order valence-electron chi connectivity index (χ3n) is 4.32. The molecule has 2 aromatic heterocycles. The van der Waals surface area contributed by atoms with Gasteiger partial charge in [0.25, 0.3) is 0 Å². The Labute approximate surface area is 157 Å². The molecule has 1 aromatic carbocycles. The molecule has 0 unspecified atom stereocenters. The Morgan fingerprint density at radius 1 is 0.769 bits per heavy atom. The summed E-state index contributed by atoms with van der Waals surface area (Å²) in [6.45, 7) is 3.63. The molecule has 0 atom stereocenters. The molecule has 0 spiro atoms. The summed E-state index contributed by atoms with van der Waals surface area (Å²) in [4.78, 5) is 18.0. The van der Waals surface area contributed by atoms with Gasteiger partial charge in [-0.1, -0.05) is 17.7 Å². The number of nitrogens with one attached hydrogen (secondary N) is 1. The number of aromatic nitrogens is 3. The Morgan fingerprint density at radius 2 is 1.50 bits per heavy atom. The van der Waals surface area contributed by atoms with Gasteiger partial charge in [-0.3, -0.25) is 0 Å². The zero-order valence-electron chi connectivity index (χ0n) is 14.2. The third-order valence-corrected chi connectivity index (χ3v) is 4.57. The maximum absolute atomic E-state index is 5.92. The molecule has 0 radical (unpaired) electrons. The van der Waals surface area contributed by atoms with Gasteiger partial charge in [-0.2, -0.15) is 4.98 Å². The maximum Gasteiger partial charge on any atom is 0.229 e. The largest absolute Gasteiger partial charge is 0.353 e. The minimum atomic E-state index is 0.581. The lowest BCUT2D eigenvalue weighted by molar-refractivity contribution is 0.641. The first-order valence-corrected chi connectivity index (χ1v) is 8.92. The van der Waals surface area contributed by atoms with Gasteiger partial charge in [-0.25, -0.2) is 9.97 Å². The zero-order chi connectivity index (χ0) is 17.8. The molecular formula is C19H19ClN6. The van der Waals surface area contributed by atoms with Crippen molar-refractivity contribution in [2.75, 3.05) is 41.3 Å². The molecule has 3 aromatic rings. The lowest BCUT2D eigenvalue weighted by Gasteiger charge is -2.36. The SMILES string of the molecule is Clc1ccc(Nc2nccc(N3CCN(c4ccccn4)CC3)n2)cc1. The van der Waals surface area contributed by atoms with E-state index in [1.54, 1.807) is 6.20 Å². The third kappa shape index (κ3) is 3.86. The second-order valence-corrected chi connectivity index (χ2v) is 6.47. The van der Waals surface area contributed by atoms with Gasteiger partial charge in [0.1, 0.15) is 11.6 Å². The van der Waals surface area contributed by atoms with Crippen LogP contribution >= 0.6 is 11.6 Å². The second kappa shape index (κ2) is 7.58. The highest BCUT2D eigenvalue weighted by atomic mass is 35.5. The van der Waals surface area contributed by atoms with Crippen molar-refractivity contribution >= 4 is 34.9 Å². The van der Waals surface area contributed by atoms with Crippen LogP contribution in [0.2, 0.25) is 5.02 Å². The summed E-state index contributed by atoms with van der Waals surface area (Å²) in [5.41, 5.74) is 0.909. The molecule has 0 saturated carbocycles. The van der Waals surface area contributed by atoms with Gasteiger partial charge in [0, 0.05) is 49.3 Å². The van der Waals surface area contributed by atoms with Crippen LogP contribution in [0.3, 0.4) is 0 Å². The molecule has 26 heavy (non-hydrogen) atoms. The summed E-state index contributed by atoms with van der Waals surface area (Å²) in [6, 6.07) is 15.4.